The molecule has 0 fully saturated rings. The van der Waals surface area contributed by atoms with Crippen molar-refractivity contribution in [1.29, 1.82) is 0 Å². The smallest absolute Gasteiger partial charge is 0.251 e. The maximum absolute atomic E-state index is 11.6. The molecular formula is C11H16N4O. The summed E-state index contributed by atoms with van der Waals surface area (Å²) >= 11 is 0. The lowest BCUT2D eigenvalue weighted by molar-refractivity contribution is -0.117. The molecule has 0 heterocycles. The molecule has 0 aromatic carbocycles. The minimum absolute atomic E-state index is 0.138. The highest BCUT2D eigenvalue weighted by Crippen LogP contribution is 2.03. The zero-order chi connectivity index (χ0) is 11.8. The van der Waals surface area contributed by atoms with Crippen molar-refractivity contribution >= 4 is 5.91 Å². The molecule has 0 aromatic rings. The molecule has 5 heteroatoms. The molecule has 86 valence electrons. The zero-order valence-electron chi connectivity index (χ0n) is 8.99. The summed E-state index contributed by atoms with van der Waals surface area (Å²) < 4.78 is 0. The number of nitrogens with two attached hydrogens (primary N) is 2. The Balaban J connectivity index is 2.67. The Bertz CT molecular complexity index is 362. The molecule has 16 heavy (non-hydrogen) atoms. The van der Waals surface area contributed by atoms with Crippen LogP contribution < -0.4 is 22.3 Å². The van der Waals surface area contributed by atoms with Gasteiger partial charge < -0.3 is 11.1 Å². The van der Waals surface area contributed by atoms with E-state index in [9.17, 15) is 4.79 Å². The van der Waals surface area contributed by atoms with Gasteiger partial charge in [0.05, 0.1) is 0 Å². The van der Waals surface area contributed by atoms with Crippen molar-refractivity contribution in [2.45, 2.75) is 12.5 Å². The molecule has 1 aliphatic carbocycles. The third kappa shape index (κ3) is 3.87. The SMILES string of the molecule is NCCNC(=O)C1=C/CC#CC(NN)/C=C\1. The van der Waals surface area contributed by atoms with E-state index in [2.05, 4.69) is 22.6 Å². The van der Waals surface area contributed by atoms with E-state index in [1.165, 1.54) is 0 Å². The molecule has 6 N–H and O–H groups in total. The Hall–Kier alpha value is -1.61. The highest BCUT2D eigenvalue weighted by molar-refractivity contribution is 5.96. The quantitative estimate of drug-likeness (QED) is 0.271. The highest BCUT2D eigenvalue weighted by Gasteiger charge is 2.06. The normalized spacial score (nSPS) is 24.1. The van der Waals surface area contributed by atoms with Crippen molar-refractivity contribution in [3.63, 3.8) is 0 Å². The van der Waals surface area contributed by atoms with Gasteiger partial charge in [0.1, 0.15) is 6.04 Å². The zero-order valence-corrected chi connectivity index (χ0v) is 8.99. The van der Waals surface area contributed by atoms with E-state index in [1.807, 2.05) is 0 Å². The second kappa shape index (κ2) is 6.80. The summed E-state index contributed by atoms with van der Waals surface area (Å²) in [6, 6.07) is -0.217. The van der Waals surface area contributed by atoms with Crippen LogP contribution in [0.4, 0.5) is 0 Å². The first kappa shape index (κ1) is 12.5. The van der Waals surface area contributed by atoms with Crippen molar-refractivity contribution in [3.05, 3.63) is 23.8 Å². The molecule has 0 spiro atoms. The molecule has 0 bridgehead atoms. The van der Waals surface area contributed by atoms with Crippen LogP contribution in [0.1, 0.15) is 6.42 Å². The molecule has 1 unspecified atom stereocenters. The van der Waals surface area contributed by atoms with Gasteiger partial charge in [-0.15, -0.1) is 0 Å². The van der Waals surface area contributed by atoms with Gasteiger partial charge in [0.25, 0.3) is 5.91 Å². The van der Waals surface area contributed by atoms with Gasteiger partial charge in [0.15, 0.2) is 0 Å². The summed E-state index contributed by atoms with van der Waals surface area (Å²) in [5.41, 5.74) is 8.43. The maximum Gasteiger partial charge on any atom is 0.251 e. The van der Waals surface area contributed by atoms with Crippen molar-refractivity contribution < 1.29 is 4.79 Å². The van der Waals surface area contributed by atoms with Crippen LogP contribution in [0.3, 0.4) is 0 Å². The second-order valence-electron chi connectivity index (χ2n) is 3.23. The van der Waals surface area contributed by atoms with Crippen LogP contribution in [-0.4, -0.2) is 25.0 Å². The number of allylic oxidation sites excluding steroid dienone is 1. The van der Waals surface area contributed by atoms with Crippen molar-refractivity contribution in [1.82, 2.24) is 10.7 Å². The average molecular weight is 220 g/mol. The fourth-order valence-corrected chi connectivity index (χ4v) is 1.20. The Morgan fingerprint density at radius 1 is 1.62 bits per heavy atom. The number of carbonyl (C=O) groups is 1. The minimum Gasteiger partial charge on any atom is -0.351 e. The fraction of sp³-hybridized carbons (Fsp3) is 0.364. The standard InChI is InChI=1S/C11H16N4O/c12-7-8-14-11(16)9-3-1-2-4-10(15-13)6-5-9/h3,5-6,10,15H,1,7-8,12-13H2,(H,14,16)/b6-5-,9-3+. The van der Waals surface area contributed by atoms with E-state index in [4.69, 9.17) is 11.6 Å². The number of hydrogen-bond donors (Lipinski definition) is 4. The summed E-state index contributed by atoms with van der Waals surface area (Å²) in [7, 11) is 0. The van der Waals surface area contributed by atoms with Crippen molar-refractivity contribution in [2.75, 3.05) is 13.1 Å². The summed E-state index contributed by atoms with van der Waals surface area (Å²) in [5.74, 6) is 11.0. The number of rotatable bonds is 4. The van der Waals surface area contributed by atoms with Gasteiger partial charge in [-0.3, -0.25) is 10.6 Å². The predicted octanol–water partition coefficient (Wildman–Crippen LogP) is -1.22. The van der Waals surface area contributed by atoms with E-state index in [0.717, 1.165) is 0 Å². The first-order valence-electron chi connectivity index (χ1n) is 5.09. The van der Waals surface area contributed by atoms with Crippen molar-refractivity contribution in [3.8, 4) is 11.8 Å². The number of hydrazine groups is 1. The van der Waals surface area contributed by atoms with E-state index in [1.54, 1.807) is 18.2 Å². The molecule has 0 aromatic heterocycles. The van der Waals surface area contributed by atoms with Gasteiger partial charge in [-0.25, -0.2) is 5.43 Å². The lowest BCUT2D eigenvalue weighted by Gasteiger charge is -2.07. The molecule has 0 saturated carbocycles. The minimum atomic E-state index is -0.217. The van der Waals surface area contributed by atoms with Gasteiger partial charge in [-0.05, 0) is 0 Å². The lowest BCUT2D eigenvalue weighted by Crippen LogP contribution is -2.33. The van der Waals surface area contributed by atoms with Gasteiger partial charge in [-0.1, -0.05) is 30.1 Å². The third-order valence-corrected chi connectivity index (χ3v) is 2.02. The molecule has 1 rings (SSSR count). The van der Waals surface area contributed by atoms with Gasteiger partial charge in [0, 0.05) is 25.1 Å². The summed E-state index contributed by atoms with van der Waals surface area (Å²) in [4.78, 5) is 11.6. The van der Waals surface area contributed by atoms with E-state index < -0.39 is 0 Å². The number of nitrogens with one attached hydrogen (secondary N) is 2. The Morgan fingerprint density at radius 3 is 3.12 bits per heavy atom. The maximum atomic E-state index is 11.6. The molecule has 5 nitrogen and oxygen atoms in total. The molecule has 0 radical (unpaired) electrons. The Labute approximate surface area is 94.9 Å². The molecule has 1 atom stereocenters. The number of hydrogen-bond acceptors (Lipinski definition) is 4. The molecule has 0 aliphatic heterocycles. The molecule has 0 saturated heterocycles. The summed E-state index contributed by atoms with van der Waals surface area (Å²) in [6.07, 6.45) is 5.78. The number of carbonyl (C=O) groups excluding carboxylic acids is 1. The highest BCUT2D eigenvalue weighted by atomic mass is 16.1. The molecular weight excluding hydrogens is 204 g/mol. The number of amides is 1. The summed E-state index contributed by atoms with van der Waals surface area (Å²) in [5, 5.41) is 2.70. The largest absolute Gasteiger partial charge is 0.351 e. The van der Waals surface area contributed by atoms with E-state index >= 15 is 0 Å². The molecule has 1 aliphatic rings. The first-order chi connectivity index (χ1) is 7.77. The second-order valence-corrected chi connectivity index (χ2v) is 3.23. The van der Waals surface area contributed by atoms with Gasteiger partial charge >= 0.3 is 0 Å². The van der Waals surface area contributed by atoms with Crippen LogP contribution in [0.2, 0.25) is 0 Å². The van der Waals surface area contributed by atoms with Crippen LogP contribution in [0.5, 0.6) is 0 Å². The topological polar surface area (TPSA) is 93.2 Å². The lowest BCUT2D eigenvalue weighted by atomic mass is 10.1. The Morgan fingerprint density at radius 2 is 2.44 bits per heavy atom. The predicted molar refractivity (Wildman–Crippen MR) is 62.8 cm³/mol. The third-order valence-electron chi connectivity index (χ3n) is 2.02. The van der Waals surface area contributed by atoms with Crippen LogP contribution >= 0.6 is 0 Å². The monoisotopic (exact) mass is 220 g/mol. The van der Waals surface area contributed by atoms with E-state index in [-0.39, 0.29) is 11.9 Å². The van der Waals surface area contributed by atoms with Crippen LogP contribution in [0.25, 0.3) is 0 Å². The van der Waals surface area contributed by atoms with E-state index in [0.29, 0.717) is 25.1 Å². The van der Waals surface area contributed by atoms with Gasteiger partial charge in [0.2, 0.25) is 0 Å². The summed E-state index contributed by atoms with van der Waals surface area (Å²) in [6.45, 7) is 0.893. The average Bonchev–Trinajstić information content (AvgIpc) is 2.26. The Kier molecular flexibility index (Phi) is 5.29. The van der Waals surface area contributed by atoms with Crippen LogP contribution in [0, 0.1) is 11.8 Å². The van der Waals surface area contributed by atoms with Crippen molar-refractivity contribution in [2.24, 2.45) is 11.6 Å². The van der Waals surface area contributed by atoms with Gasteiger partial charge in [-0.2, -0.15) is 0 Å². The van der Waals surface area contributed by atoms with Crippen LogP contribution in [-0.2, 0) is 4.79 Å². The first-order valence-corrected chi connectivity index (χ1v) is 5.09. The fourth-order valence-electron chi connectivity index (χ4n) is 1.20. The van der Waals surface area contributed by atoms with Crippen LogP contribution in [0.15, 0.2) is 23.8 Å². The molecule has 1 amide bonds.